The van der Waals surface area contributed by atoms with E-state index in [0.717, 1.165) is 0 Å². The molecule has 8 heteroatoms. The molecule has 0 spiro atoms. The third kappa shape index (κ3) is 3.31. The average molecular weight is 377 g/mol. The molecule has 0 aliphatic heterocycles. The first-order valence-electron chi connectivity index (χ1n) is 7.46. The Hall–Kier alpha value is -2.57. The zero-order valence-corrected chi connectivity index (χ0v) is 14.8. The van der Waals surface area contributed by atoms with Gasteiger partial charge in [-0.1, -0.05) is 46.6 Å². The minimum absolute atomic E-state index is 0.0638. The number of carbonyl (C=O) groups excluding carboxylic acids is 1. The third-order valence-electron chi connectivity index (χ3n) is 3.52. The van der Waals surface area contributed by atoms with Gasteiger partial charge in [-0.3, -0.25) is 0 Å². The van der Waals surface area contributed by atoms with Crippen molar-refractivity contribution in [3.05, 3.63) is 58.1 Å². The van der Waals surface area contributed by atoms with E-state index in [4.69, 9.17) is 33.7 Å². The summed E-state index contributed by atoms with van der Waals surface area (Å²) in [5, 5.41) is 8.83. The number of nitrogens with two attached hydrogens (primary N) is 1. The number of ether oxygens (including phenoxy) is 1. The molecule has 0 bridgehead atoms. The van der Waals surface area contributed by atoms with Gasteiger partial charge in [0.1, 0.15) is 5.52 Å². The Kier molecular flexibility index (Phi) is 4.92. The van der Waals surface area contributed by atoms with E-state index in [9.17, 15) is 4.79 Å². The van der Waals surface area contributed by atoms with Gasteiger partial charge >= 0.3 is 5.97 Å². The number of para-hydroxylation sites is 1. The number of carbonyl (C=O) groups is 1. The van der Waals surface area contributed by atoms with Gasteiger partial charge in [0.15, 0.2) is 5.70 Å². The van der Waals surface area contributed by atoms with Crippen molar-refractivity contribution in [3.63, 3.8) is 0 Å². The lowest BCUT2D eigenvalue weighted by atomic mass is 10.1. The lowest BCUT2D eigenvalue weighted by Gasteiger charge is -2.12. The van der Waals surface area contributed by atoms with Crippen LogP contribution in [-0.4, -0.2) is 27.6 Å². The molecule has 0 amide bonds. The number of fused-ring (bicyclic) bond motifs is 1. The number of aromatic nitrogens is 3. The largest absolute Gasteiger partial charge is 0.461 e. The maximum absolute atomic E-state index is 12.5. The zero-order valence-electron chi connectivity index (χ0n) is 13.2. The fraction of sp³-hybridized carbons (Fsp3) is 0.118. The molecule has 3 rings (SSSR count). The molecule has 0 radical (unpaired) electrons. The van der Waals surface area contributed by atoms with E-state index in [1.165, 1.54) is 4.68 Å². The third-order valence-corrected chi connectivity index (χ3v) is 4.26. The van der Waals surface area contributed by atoms with Crippen molar-refractivity contribution in [3.8, 4) is 0 Å². The lowest BCUT2D eigenvalue weighted by molar-refractivity contribution is -0.136. The highest BCUT2D eigenvalue weighted by Crippen LogP contribution is 2.28. The summed E-state index contributed by atoms with van der Waals surface area (Å²) in [6.45, 7) is 1.91. The van der Waals surface area contributed by atoms with E-state index in [2.05, 4.69) is 10.3 Å². The Morgan fingerprint density at radius 3 is 2.68 bits per heavy atom. The van der Waals surface area contributed by atoms with Gasteiger partial charge < -0.3 is 10.5 Å². The van der Waals surface area contributed by atoms with E-state index >= 15 is 0 Å². The summed E-state index contributed by atoms with van der Waals surface area (Å²) in [5.41, 5.74) is 8.27. The molecule has 2 aromatic carbocycles. The minimum atomic E-state index is -0.610. The van der Waals surface area contributed by atoms with Crippen molar-refractivity contribution in [2.75, 3.05) is 6.61 Å². The summed E-state index contributed by atoms with van der Waals surface area (Å²) < 4.78 is 6.52. The van der Waals surface area contributed by atoms with Gasteiger partial charge in [-0.15, -0.1) is 5.10 Å². The van der Waals surface area contributed by atoms with Crippen LogP contribution >= 0.6 is 23.2 Å². The first-order valence-corrected chi connectivity index (χ1v) is 8.21. The standard InChI is InChI=1S/C17H14Cl2N4O2/c1-2-25-17(24)16(15(20)10-7-8-11(18)12(19)9-10)23-14-6-4-3-5-13(14)21-22-23/h3-9H,2,20H2,1H3/b16-15+. The maximum atomic E-state index is 12.5. The summed E-state index contributed by atoms with van der Waals surface area (Å²) in [4.78, 5) is 12.5. The monoisotopic (exact) mass is 376 g/mol. The Morgan fingerprint density at radius 1 is 1.20 bits per heavy atom. The van der Waals surface area contributed by atoms with E-state index in [0.29, 0.717) is 26.6 Å². The number of esters is 1. The van der Waals surface area contributed by atoms with Gasteiger partial charge in [0.25, 0.3) is 0 Å². The van der Waals surface area contributed by atoms with Crippen LogP contribution in [-0.2, 0) is 9.53 Å². The molecule has 0 saturated carbocycles. The van der Waals surface area contributed by atoms with Crippen LogP contribution in [0.1, 0.15) is 12.5 Å². The van der Waals surface area contributed by atoms with Crippen LogP contribution in [0, 0.1) is 0 Å². The molecule has 0 saturated heterocycles. The van der Waals surface area contributed by atoms with Crippen molar-refractivity contribution in [1.82, 2.24) is 15.0 Å². The lowest BCUT2D eigenvalue weighted by Crippen LogP contribution is -2.18. The van der Waals surface area contributed by atoms with Crippen LogP contribution in [0.2, 0.25) is 10.0 Å². The van der Waals surface area contributed by atoms with E-state index in [1.54, 1.807) is 37.3 Å². The molecule has 0 unspecified atom stereocenters. The Morgan fingerprint density at radius 2 is 1.96 bits per heavy atom. The van der Waals surface area contributed by atoms with Crippen molar-refractivity contribution in [2.24, 2.45) is 5.73 Å². The molecule has 0 atom stereocenters. The van der Waals surface area contributed by atoms with Crippen molar-refractivity contribution in [2.45, 2.75) is 6.92 Å². The summed E-state index contributed by atoms with van der Waals surface area (Å²) in [6.07, 6.45) is 0. The normalized spacial score (nSPS) is 12.1. The molecular weight excluding hydrogens is 363 g/mol. The Balaban J connectivity index is 2.24. The van der Waals surface area contributed by atoms with E-state index in [1.807, 2.05) is 12.1 Å². The van der Waals surface area contributed by atoms with Gasteiger partial charge in [-0.25, -0.2) is 9.48 Å². The molecule has 0 aliphatic rings. The average Bonchev–Trinajstić information content (AvgIpc) is 3.02. The van der Waals surface area contributed by atoms with Crippen LogP contribution in [0.5, 0.6) is 0 Å². The van der Waals surface area contributed by atoms with Gasteiger partial charge in [-0.2, -0.15) is 0 Å². The topological polar surface area (TPSA) is 83.0 Å². The fourth-order valence-electron chi connectivity index (χ4n) is 2.34. The second-order valence-corrected chi connectivity index (χ2v) is 5.92. The minimum Gasteiger partial charge on any atom is -0.461 e. The quantitative estimate of drug-likeness (QED) is 0.555. The van der Waals surface area contributed by atoms with Crippen LogP contribution in [0.25, 0.3) is 22.4 Å². The van der Waals surface area contributed by atoms with Gasteiger partial charge in [0.2, 0.25) is 0 Å². The SMILES string of the molecule is CCOC(=O)/C(=C(\N)c1ccc(Cl)c(Cl)c1)n1nnc2ccccc21. The summed E-state index contributed by atoms with van der Waals surface area (Å²) in [6, 6.07) is 12.1. The summed E-state index contributed by atoms with van der Waals surface area (Å²) in [5.74, 6) is -0.610. The van der Waals surface area contributed by atoms with E-state index < -0.39 is 5.97 Å². The molecule has 0 fully saturated rings. The van der Waals surface area contributed by atoms with Crippen LogP contribution in [0.3, 0.4) is 0 Å². The first kappa shape index (κ1) is 17.3. The van der Waals surface area contributed by atoms with Crippen LogP contribution in [0.15, 0.2) is 42.5 Å². The Labute approximate surface area is 153 Å². The van der Waals surface area contributed by atoms with Crippen LogP contribution in [0.4, 0.5) is 0 Å². The molecule has 2 N–H and O–H groups in total. The highest BCUT2D eigenvalue weighted by Gasteiger charge is 2.22. The maximum Gasteiger partial charge on any atom is 0.359 e. The molecule has 3 aromatic rings. The number of rotatable bonds is 4. The molecule has 6 nitrogen and oxygen atoms in total. The molecule has 1 aromatic heterocycles. The molecule has 25 heavy (non-hydrogen) atoms. The van der Waals surface area contributed by atoms with Gasteiger partial charge in [-0.05, 0) is 31.2 Å². The highest BCUT2D eigenvalue weighted by atomic mass is 35.5. The second kappa shape index (κ2) is 7.13. The predicted octanol–water partition coefficient (Wildman–Crippen LogP) is 3.59. The van der Waals surface area contributed by atoms with Crippen molar-refractivity contribution >= 4 is 51.6 Å². The second-order valence-electron chi connectivity index (χ2n) is 5.10. The zero-order chi connectivity index (χ0) is 18.0. The molecular formula is C17H14Cl2N4O2. The molecule has 128 valence electrons. The fourth-order valence-corrected chi connectivity index (χ4v) is 2.64. The smallest absolute Gasteiger partial charge is 0.359 e. The van der Waals surface area contributed by atoms with Crippen molar-refractivity contribution in [1.29, 1.82) is 0 Å². The van der Waals surface area contributed by atoms with Crippen molar-refractivity contribution < 1.29 is 9.53 Å². The number of hydrogen-bond donors (Lipinski definition) is 1. The summed E-state index contributed by atoms with van der Waals surface area (Å²) in [7, 11) is 0. The predicted molar refractivity (Wildman–Crippen MR) is 97.9 cm³/mol. The first-order chi connectivity index (χ1) is 12.0. The number of benzene rings is 2. The van der Waals surface area contributed by atoms with E-state index in [-0.39, 0.29) is 18.0 Å². The molecule has 0 aliphatic carbocycles. The van der Waals surface area contributed by atoms with Gasteiger partial charge in [0, 0.05) is 5.56 Å². The number of halogens is 2. The number of nitrogens with zero attached hydrogens (tertiary/aromatic N) is 3. The van der Waals surface area contributed by atoms with Gasteiger partial charge in [0.05, 0.1) is 27.9 Å². The van der Waals surface area contributed by atoms with Crippen LogP contribution < -0.4 is 5.73 Å². The number of hydrogen-bond acceptors (Lipinski definition) is 5. The Bertz CT molecular complexity index is 982. The summed E-state index contributed by atoms with van der Waals surface area (Å²) >= 11 is 12.0. The highest BCUT2D eigenvalue weighted by molar-refractivity contribution is 6.42. The molecule has 1 heterocycles.